The van der Waals surface area contributed by atoms with E-state index in [1.54, 1.807) is 6.08 Å². The van der Waals surface area contributed by atoms with E-state index in [0.717, 1.165) is 11.1 Å². The molecule has 114 valence electrons. The zero-order valence-electron chi connectivity index (χ0n) is 12.4. The van der Waals surface area contributed by atoms with Gasteiger partial charge in [0.15, 0.2) is 0 Å². The van der Waals surface area contributed by atoms with Crippen molar-refractivity contribution in [1.29, 1.82) is 0 Å². The van der Waals surface area contributed by atoms with Crippen molar-refractivity contribution >= 4 is 23.8 Å². The van der Waals surface area contributed by atoms with Crippen LogP contribution < -0.4 is 5.56 Å². The molecule has 0 bridgehead atoms. The van der Waals surface area contributed by atoms with Crippen LogP contribution in [0.4, 0.5) is 0 Å². The van der Waals surface area contributed by atoms with E-state index in [9.17, 15) is 9.59 Å². The Morgan fingerprint density at radius 2 is 2.00 bits per heavy atom. The van der Waals surface area contributed by atoms with Gasteiger partial charge in [-0.05, 0) is 30.7 Å². The molecule has 0 saturated carbocycles. The number of carbonyl (C=O) groups is 1. The SMILES string of the molecule is Cc1cccc(/C=C/c2cc(=O)n3cc(C(=O)O)ccc3n2)c1. The van der Waals surface area contributed by atoms with Gasteiger partial charge < -0.3 is 5.11 Å². The molecule has 3 aromatic rings. The Labute approximate surface area is 132 Å². The summed E-state index contributed by atoms with van der Waals surface area (Å²) in [7, 11) is 0. The van der Waals surface area contributed by atoms with E-state index in [0.29, 0.717) is 11.3 Å². The molecule has 2 aromatic heterocycles. The second-order valence-corrected chi connectivity index (χ2v) is 5.22. The maximum absolute atomic E-state index is 12.1. The predicted molar refractivity (Wildman–Crippen MR) is 88.5 cm³/mol. The van der Waals surface area contributed by atoms with Crippen LogP contribution in [-0.4, -0.2) is 20.5 Å². The highest BCUT2D eigenvalue weighted by Crippen LogP contribution is 2.09. The number of carboxylic acid groups (broad SMARTS) is 1. The number of fused-ring (bicyclic) bond motifs is 1. The molecule has 2 heterocycles. The van der Waals surface area contributed by atoms with E-state index < -0.39 is 5.97 Å². The molecule has 0 unspecified atom stereocenters. The van der Waals surface area contributed by atoms with E-state index in [2.05, 4.69) is 4.98 Å². The molecule has 0 radical (unpaired) electrons. The third-order valence-electron chi connectivity index (χ3n) is 3.42. The number of aromatic carboxylic acids is 1. The molecule has 1 N–H and O–H groups in total. The summed E-state index contributed by atoms with van der Waals surface area (Å²) in [5.74, 6) is -1.08. The highest BCUT2D eigenvalue weighted by molar-refractivity contribution is 5.87. The number of pyridine rings is 1. The Morgan fingerprint density at radius 3 is 2.74 bits per heavy atom. The number of aromatic nitrogens is 2. The Bertz CT molecular complexity index is 987. The molecule has 0 fully saturated rings. The molecular formula is C18H14N2O3. The van der Waals surface area contributed by atoms with Crippen molar-refractivity contribution in [3.05, 3.63) is 81.4 Å². The summed E-state index contributed by atoms with van der Waals surface area (Å²) < 4.78 is 1.23. The first-order valence-electron chi connectivity index (χ1n) is 7.04. The van der Waals surface area contributed by atoms with Crippen LogP contribution >= 0.6 is 0 Å². The first kappa shape index (κ1) is 14.7. The average molecular weight is 306 g/mol. The molecule has 0 aliphatic heterocycles. The van der Waals surface area contributed by atoms with E-state index in [4.69, 9.17) is 5.11 Å². The fourth-order valence-corrected chi connectivity index (χ4v) is 2.29. The van der Waals surface area contributed by atoms with E-state index >= 15 is 0 Å². The molecular weight excluding hydrogens is 292 g/mol. The zero-order valence-corrected chi connectivity index (χ0v) is 12.4. The lowest BCUT2D eigenvalue weighted by Gasteiger charge is -2.03. The largest absolute Gasteiger partial charge is 0.478 e. The topological polar surface area (TPSA) is 71.7 Å². The Kier molecular flexibility index (Phi) is 3.76. The highest BCUT2D eigenvalue weighted by Gasteiger charge is 2.06. The summed E-state index contributed by atoms with van der Waals surface area (Å²) >= 11 is 0. The number of aryl methyl sites for hydroxylation is 1. The summed E-state index contributed by atoms with van der Waals surface area (Å²) in [5, 5.41) is 8.98. The van der Waals surface area contributed by atoms with Crippen molar-refractivity contribution in [3.63, 3.8) is 0 Å². The number of nitrogens with zero attached hydrogens (tertiary/aromatic N) is 2. The number of hydrogen-bond acceptors (Lipinski definition) is 3. The normalized spacial score (nSPS) is 11.2. The Hall–Kier alpha value is -3.21. The first-order chi connectivity index (χ1) is 11.0. The minimum Gasteiger partial charge on any atom is -0.478 e. The van der Waals surface area contributed by atoms with Gasteiger partial charge in [0.25, 0.3) is 5.56 Å². The van der Waals surface area contributed by atoms with Gasteiger partial charge in [0.2, 0.25) is 0 Å². The molecule has 0 atom stereocenters. The molecule has 0 saturated heterocycles. The van der Waals surface area contributed by atoms with E-state index in [1.807, 2.05) is 37.3 Å². The van der Waals surface area contributed by atoms with Crippen molar-refractivity contribution < 1.29 is 9.90 Å². The molecule has 1 aromatic carbocycles. The van der Waals surface area contributed by atoms with Crippen molar-refractivity contribution in [2.75, 3.05) is 0 Å². The van der Waals surface area contributed by atoms with Gasteiger partial charge in [0.05, 0.1) is 11.3 Å². The van der Waals surface area contributed by atoms with Gasteiger partial charge in [-0.3, -0.25) is 9.20 Å². The van der Waals surface area contributed by atoms with Gasteiger partial charge in [-0.25, -0.2) is 9.78 Å². The standard InChI is InChI=1S/C18H14N2O3/c1-12-3-2-4-13(9-12)5-7-15-10-17(21)20-11-14(18(22)23)6-8-16(20)19-15/h2-11H,1H3,(H,22,23)/b7-5+. The third-order valence-corrected chi connectivity index (χ3v) is 3.42. The number of rotatable bonds is 3. The monoisotopic (exact) mass is 306 g/mol. The fourth-order valence-electron chi connectivity index (χ4n) is 2.29. The van der Waals surface area contributed by atoms with Gasteiger partial charge in [-0.15, -0.1) is 0 Å². The second-order valence-electron chi connectivity index (χ2n) is 5.22. The Balaban J connectivity index is 2.01. The lowest BCUT2D eigenvalue weighted by molar-refractivity contribution is 0.0696. The molecule has 0 aliphatic carbocycles. The van der Waals surface area contributed by atoms with Crippen LogP contribution in [-0.2, 0) is 0 Å². The van der Waals surface area contributed by atoms with Crippen LogP contribution in [0, 0.1) is 6.92 Å². The molecule has 0 aliphatic rings. The van der Waals surface area contributed by atoms with Gasteiger partial charge in [0, 0.05) is 12.3 Å². The number of carboxylic acids is 1. The number of hydrogen-bond donors (Lipinski definition) is 1. The maximum atomic E-state index is 12.1. The average Bonchev–Trinajstić information content (AvgIpc) is 2.52. The zero-order chi connectivity index (χ0) is 16.4. The molecule has 0 spiro atoms. The smallest absolute Gasteiger partial charge is 0.337 e. The van der Waals surface area contributed by atoms with Crippen LogP contribution in [0.5, 0.6) is 0 Å². The summed E-state index contributed by atoms with van der Waals surface area (Å²) in [6.07, 6.45) is 4.93. The maximum Gasteiger partial charge on any atom is 0.337 e. The van der Waals surface area contributed by atoms with Crippen LogP contribution in [0.3, 0.4) is 0 Å². The van der Waals surface area contributed by atoms with Gasteiger partial charge in [-0.2, -0.15) is 0 Å². The van der Waals surface area contributed by atoms with Crippen LogP contribution in [0.25, 0.3) is 17.8 Å². The minimum atomic E-state index is -1.08. The predicted octanol–water partition coefficient (Wildman–Crippen LogP) is 2.87. The van der Waals surface area contributed by atoms with Gasteiger partial charge in [0.1, 0.15) is 5.65 Å². The van der Waals surface area contributed by atoms with E-state index in [-0.39, 0.29) is 11.1 Å². The molecule has 3 rings (SSSR count). The van der Waals surface area contributed by atoms with Crippen LogP contribution in [0.15, 0.2) is 53.5 Å². The van der Waals surface area contributed by atoms with Crippen LogP contribution in [0.1, 0.15) is 27.2 Å². The molecule has 0 amide bonds. The Morgan fingerprint density at radius 1 is 1.17 bits per heavy atom. The molecule has 5 nitrogen and oxygen atoms in total. The summed E-state index contributed by atoms with van der Waals surface area (Å²) in [6, 6.07) is 12.3. The second kappa shape index (κ2) is 5.88. The minimum absolute atomic E-state index is 0.0458. The molecule has 23 heavy (non-hydrogen) atoms. The third kappa shape index (κ3) is 3.18. The summed E-state index contributed by atoms with van der Waals surface area (Å²) in [5.41, 5.74) is 2.84. The summed E-state index contributed by atoms with van der Waals surface area (Å²) in [4.78, 5) is 27.5. The van der Waals surface area contributed by atoms with E-state index in [1.165, 1.54) is 28.8 Å². The van der Waals surface area contributed by atoms with Crippen molar-refractivity contribution in [3.8, 4) is 0 Å². The molecule has 5 heteroatoms. The van der Waals surface area contributed by atoms with Gasteiger partial charge in [-0.1, -0.05) is 35.9 Å². The quantitative estimate of drug-likeness (QED) is 0.807. The summed E-state index contributed by atoms with van der Waals surface area (Å²) in [6.45, 7) is 2.01. The van der Waals surface area contributed by atoms with Crippen molar-refractivity contribution in [1.82, 2.24) is 9.38 Å². The lowest BCUT2D eigenvalue weighted by atomic mass is 10.1. The lowest BCUT2D eigenvalue weighted by Crippen LogP contribution is -2.15. The highest BCUT2D eigenvalue weighted by atomic mass is 16.4. The number of benzene rings is 1. The fraction of sp³-hybridized carbons (Fsp3) is 0.0556. The first-order valence-corrected chi connectivity index (χ1v) is 7.04. The van der Waals surface area contributed by atoms with Crippen molar-refractivity contribution in [2.45, 2.75) is 6.92 Å². The van der Waals surface area contributed by atoms with Gasteiger partial charge >= 0.3 is 5.97 Å². The van der Waals surface area contributed by atoms with Crippen molar-refractivity contribution in [2.24, 2.45) is 0 Å². The van der Waals surface area contributed by atoms with Crippen LogP contribution in [0.2, 0.25) is 0 Å².